The van der Waals surface area contributed by atoms with Gasteiger partial charge in [0.2, 0.25) is 0 Å². The van der Waals surface area contributed by atoms with Gasteiger partial charge in [-0.3, -0.25) is 0 Å². The van der Waals surface area contributed by atoms with E-state index in [1.165, 1.54) is 25.0 Å². The first kappa shape index (κ1) is 15.6. The van der Waals surface area contributed by atoms with E-state index in [1.807, 2.05) is 18.4 Å². The summed E-state index contributed by atoms with van der Waals surface area (Å²) in [5.41, 5.74) is 4.08. The van der Waals surface area contributed by atoms with Gasteiger partial charge in [0.1, 0.15) is 17.2 Å². The van der Waals surface area contributed by atoms with Crippen molar-refractivity contribution >= 4 is 23.2 Å². The Kier molecular flexibility index (Phi) is 4.01. The van der Waals surface area contributed by atoms with E-state index < -0.39 is 0 Å². The zero-order valence-electron chi connectivity index (χ0n) is 13.6. The van der Waals surface area contributed by atoms with Gasteiger partial charge in [-0.1, -0.05) is 24.1 Å². The number of nitrogens with one attached hydrogen (secondary N) is 1. The first-order chi connectivity index (χ1) is 11.7. The Hall–Kier alpha value is -1.94. The maximum Gasteiger partial charge on any atom is 0.130 e. The van der Waals surface area contributed by atoms with Crippen LogP contribution in [0, 0.1) is 5.82 Å². The molecule has 1 saturated carbocycles. The Morgan fingerprint density at radius 1 is 1.08 bits per heavy atom. The molecular weight excluding hydrogens is 321 g/mol. The van der Waals surface area contributed by atoms with Crippen LogP contribution in [0.25, 0.3) is 5.57 Å². The highest BCUT2D eigenvalue weighted by Crippen LogP contribution is 2.46. The molecule has 0 unspecified atom stereocenters. The van der Waals surface area contributed by atoms with Gasteiger partial charge in [-0.05, 0) is 67.2 Å². The molecule has 124 valence electrons. The number of anilines is 1. The Morgan fingerprint density at radius 3 is 2.54 bits per heavy atom. The summed E-state index contributed by atoms with van der Waals surface area (Å²) in [6.45, 7) is 0. The summed E-state index contributed by atoms with van der Waals surface area (Å²) in [7, 11) is 0. The van der Waals surface area contributed by atoms with Crippen LogP contribution in [-0.2, 0) is 0 Å². The fourth-order valence-corrected chi connectivity index (χ4v) is 4.05. The van der Waals surface area contributed by atoms with Crippen LogP contribution in [0.4, 0.5) is 10.1 Å². The molecule has 1 N–H and O–H groups in total. The number of fused-ring (bicyclic) bond motifs is 1. The molecule has 1 aliphatic heterocycles. The predicted octanol–water partition coefficient (Wildman–Crippen LogP) is 5.65. The van der Waals surface area contributed by atoms with E-state index in [-0.39, 0.29) is 11.4 Å². The van der Waals surface area contributed by atoms with E-state index in [0.29, 0.717) is 0 Å². The molecule has 0 bridgehead atoms. The molecule has 2 nitrogen and oxygen atoms in total. The van der Waals surface area contributed by atoms with Gasteiger partial charge >= 0.3 is 0 Å². The molecule has 0 aromatic heterocycles. The lowest BCUT2D eigenvalue weighted by Crippen LogP contribution is -2.33. The van der Waals surface area contributed by atoms with Crippen LogP contribution in [0.2, 0.25) is 0 Å². The number of hydrogen-bond acceptors (Lipinski definition) is 3. The predicted molar refractivity (Wildman–Crippen MR) is 98.9 cm³/mol. The molecule has 4 rings (SSSR count). The van der Waals surface area contributed by atoms with Crippen LogP contribution in [-0.4, -0.2) is 11.9 Å². The monoisotopic (exact) mass is 341 g/mol. The molecule has 0 atom stereocenters. The average Bonchev–Trinajstić information content (AvgIpc) is 3.02. The lowest BCUT2D eigenvalue weighted by molar-refractivity contribution is 0.124. The van der Waals surface area contributed by atoms with E-state index in [4.69, 9.17) is 4.74 Å². The summed E-state index contributed by atoms with van der Waals surface area (Å²) in [5, 5.41) is 0. The van der Waals surface area contributed by atoms with Crippen LogP contribution >= 0.6 is 11.9 Å². The Balaban J connectivity index is 1.83. The van der Waals surface area contributed by atoms with Gasteiger partial charge in [0, 0.05) is 23.6 Å². The maximum absolute atomic E-state index is 13.3. The molecule has 1 heterocycles. The standard InChI is InChI=1S/C20H20FNOS/c1-24-22-16-8-9-17-18(14-4-6-15(21)7-5-14)13-20(10-2-3-11-20)23-19(17)12-16/h4-9,12-13,22H,2-3,10-11H2,1H3. The van der Waals surface area contributed by atoms with E-state index in [0.717, 1.165) is 41.0 Å². The van der Waals surface area contributed by atoms with Crippen molar-refractivity contribution in [1.29, 1.82) is 0 Å². The molecule has 1 aliphatic carbocycles. The van der Waals surface area contributed by atoms with Crippen molar-refractivity contribution in [1.82, 2.24) is 0 Å². The summed E-state index contributed by atoms with van der Waals surface area (Å²) in [6, 6.07) is 13.0. The lowest BCUT2D eigenvalue weighted by Gasteiger charge is -2.34. The van der Waals surface area contributed by atoms with E-state index in [2.05, 4.69) is 29.0 Å². The highest BCUT2D eigenvalue weighted by atomic mass is 32.2. The summed E-state index contributed by atoms with van der Waals surface area (Å²) in [5.74, 6) is 0.708. The number of halogens is 1. The molecule has 24 heavy (non-hydrogen) atoms. The lowest BCUT2D eigenvalue weighted by atomic mass is 9.87. The molecule has 4 heteroatoms. The average molecular weight is 341 g/mol. The quantitative estimate of drug-likeness (QED) is 0.729. The van der Waals surface area contributed by atoms with Crippen molar-refractivity contribution < 1.29 is 9.13 Å². The molecule has 2 aromatic rings. The summed E-state index contributed by atoms with van der Waals surface area (Å²) < 4.78 is 23.0. The van der Waals surface area contributed by atoms with Crippen LogP contribution in [0.15, 0.2) is 48.5 Å². The second kappa shape index (κ2) is 6.17. The number of benzene rings is 2. The van der Waals surface area contributed by atoms with Crippen LogP contribution in [0.5, 0.6) is 5.75 Å². The van der Waals surface area contributed by atoms with Crippen LogP contribution in [0.1, 0.15) is 36.8 Å². The Bertz CT molecular complexity index is 779. The normalized spacial score (nSPS) is 18.0. The summed E-state index contributed by atoms with van der Waals surface area (Å²) in [6.07, 6.45) is 8.71. The van der Waals surface area contributed by atoms with E-state index in [1.54, 1.807) is 11.9 Å². The topological polar surface area (TPSA) is 21.3 Å². The second-order valence-electron chi connectivity index (χ2n) is 6.46. The molecule has 2 aromatic carbocycles. The summed E-state index contributed by atoms with van der Waals surface area (Å²) in [4.78, 5) is 0. The van der Waals surface area contributed by atoms with Crippen molar-refractivity contribution in [2.45, 2.75) is 31.3 Å². The van der Waals surface area contributed by atoms with Gasteiger partial charge in [0.15, 0.2) is 0 Å². The van der Waals surface area contributed by atoms with Gasteiger partial charge in [-0.2, -0.15) is 0 Å². The second-order valence-corrected chi connectivity index (χ2v) is 7.07. The molecular formula is C20H20FNOS. The van der Waals surface area contributed by atoms with Crippen molar-refractivity contribution in [3.8, 4) is 5.75 Å². The molecule has 1 fully saturated rings. The van der Waals surface area contributed by atoms with Gasteiger partial charge < -0.3 is 9.46 Å². The molecule has 1 spiro atoms. The fourth-order valence-electron chi connectivity index (χ4n) is 3.69. The van der Waals surface area contributed by atoms with Gasteiger partial charge in [0.05, 0.1) is 0 Å². The SMILES string of the molecule is CSNc1ccc2c(c1)OC1(C=C2c2ccc(F)cc2)CCCC1. The minimum Gasteiger partial charge on any atom is -0.482 e. The highest BCUT2D eigenvalue weighted by molar-refractivity contribution is 7.99. The van der Waals surface area contributed by atoms with Crippen molar-refractivity contribution in [2.75, 3.05) is 11.0 Å². The number of rotatable bonds is 3. The first-order valence-electron chi connectivity index (χ1n) is 8.30. The third kappa shape index (κ3) is 2.80. The van der Waals surface area contributed by atoms with E-state index >= 15 is 0 Å². The molecule has 2 aliphatic rings. The van der Waals surface area contributed by atoms with Crippen molar-refractivity contribution in [3.05, 3.63) is 65.5 Å². The Labute approximate surface area is 146 Å². The minimum absolute atomic E-state index is 0.207. The Morgan fingerprint density at radius 2 is 1.83 bits per heavy atom. The fraction of sp³-hybridized carbons (Fsp3) is 0.300. The number of ether oxygens (including phenoxy) is 1. The smallest absolute Gasteiger partial charge is 0.130 e. The van der Waals surface area contributed by atoms with Crippen LogP contribution in [0.3, 0.4) is 0 Å². The summed E-state index contributed by atoms with van der Waals surface area (Å²) >= 11 is 1.57. The zero-order chi connectivity index (χ0) is 16.6. The highest BCUT2D eigenvalue weighted by Gasteiger charge is 2.38. The minimum atomic E-state index is -0.214. The largest absolute Gasteiger partial charge is 0.482 e. The van der Waals surface area contributed by atoms with Gasteiger partial charge in [0.25, 0.3) is 0 Å². The maximum atomic E-state index is 13.3. The van der Waals surface area contributed by atoms with E-state index in [9.17, 15) is 4.39 Å². The van der Waals surface area contributed by atoms with Crippen molar-refractivity contribution in [3.63, 3.8) is 0 Å². The third-order valence-electron chi connectivity index (χ3n) is 4.82. The third-order valence-corrected chi connectivity index (χ3v) is 5.26. The first-order valence-corrected chi connectivity index (χ1v) is 9.53. The van der Waals surface area contributed by atoms with Gasteiger partial charge in [-0.15, -0.1) is 0 Å². The molecule has 0 amide bonds. The molecule has 0 saturated heterocycles. The number of hydrogen-bond donors (Lipinski definition) is 1. The molecule has 0 radical (unpaired) electrons. The van der Waals surface area contributed by atoms with Crippen molar-refractivity contribution in [2.24, 2.45) is 0 Å². The zero-order valence-corrected chi connectivity index (χ0v) is 14.5. The van der Waals surface area contributed by atoms with Crippen LogP contribution < -0.4 is 9.46 Å². The van der Waals surface area contributed by atoms with Gasteiger partial charge in [-0.25, -0.2) is 4.39 Å².